The Balaban J connectivity index is 1.55. The van der Waals surface area contributed by atoms with Crippen LogP contribution in [-0.2, 0) is 0 Å². The molecule has 150 valence electrons. The van der Waals surface area contributed by atoms with E-state index in [1.807, 2.05) is 44.2 Å². The Morgan fingerprint density at radius 1 is 0.967 bits per heavy atom. The number of nitrogens with one attached hydrogen (secondary N) is 1. The summed E-state index contributed by atoms with van der Waals surface area (Å²) in [5.74, 6) is -0.527. The van der Waals surface area contributed by atoms with E-state index < -0.39 is 5.91 Å². The molecule has 1 heterocycles. The van der Waals surface area contributed by atoms with E-state index in [2.05, 4.69) is 46.3 Å². The van der Waals surface area contributed by atoms with Crippen molar-refractivity contribution in [2.75, 3.05) is 0 Å². The molecule has 4 rings (SSSR count). The number of aryl methyl sites for hydroxylation is 2. The van der Waals surface area contributed by atoms with Crippen LogP contribution in [-0.4, -0.2) is 21.8 Å². The van der Waals surface area contributed by atoms with Crippen molar-refractivity contribution in [2.45, 2.75) is 20.8 Å². The van der Waals surface area contributed by atoms with Crippen LogP contribution >= 0.6 is 0 Å². The second-order valence-electron chi connectivity index (χ2n) is 7.41. The van der Waals surface area contributed by atoms with Crippen LogP contribution in [0.5, 0.6) is 5.75 Å². The van der Waals surface area contributed by atoms with E-state index in [1.54, 1.807) is 18.3 Å². The van der Waals surface area contributed by atoms with Crippen LogP contribution in [0.1, 0.15) is 32.9 Å². The van der Waals surface area contributed by atoms with Crippen molar-refractivity contribution in [1.29, 1.82) is 0 Å². The van der Waals surface area contributed by atoms with Gasteiger partial charge in [-0.05, 0) is 61.9 Å². The number of hydrazone groups is 1. The molecule has 0 bridgehead atoms. The molecule has 0 radical (unpaired) electrons. The maximum absolute atomic E-state index is 12.5. The number of hydrogen-bond acceptors (Lipinski definition) is 3. The average molecular weight is 397 g/mol. The van der Waals surface area contributed by atoms with E-state index in [4.69, 9.17) is 0 Å². The summed E-state index contributed by atoms with van der Waals surface area (Å²) in [5.41, 5.74) is 8.03. The van der Waals surface area contributed by atoms with Gasteiger partial charge in [-0.2, -0.15) is 5.10 Å². The topological polar surface area (TPSA) is 66.6 Å². The number of amides is 1. The Labute approximate surface area is 175 Å². The SMILES string of the molecule is Cc1ccc(-n2c(C)cc(/C=N/NC(=O)c3cc4ccccc4cc3O)c2C)cc1. The van der Waals surface area contributed by atoms with Crippen LogP contribution in [0.2, 0.25) is 0 Å². The van der Waals surface area contributed by atoms with Gasteiger partial charge in [0.1, 0.15) is 5.75 Å². The summed E-state index contributed by atoms with van der Waals surface area (Å²) in [6.07, 6.45) is 1.63. The Bertz CT molecular complexity index is 1270. The summed E-state index contributed by atoms with van der Waals surface area (Å²) in [5, 5.41) is 16.1. The highest BCUT2D eigenvalue weighted by molar-refractivity contribution is 6.01. The van der Waals surface area contributed by atoms with Crippen molar-refractivity contribution < 1.29 is 9.90 Å². The highest BCUT2D eigenvalue weighted by Gasteiger charge is 2.13. The number of phenolic OH excluding ortho intramolecular Hbond substituents is 1. The maximum atomic E-state index is 12.5. The number of hydrogen-bond donors (Lipinski definition) is 2. The highest BCUT2D eigenvalue weighted by atomic mass is 16.3. The lowest BCUT2D eigenvalue weighted by atomic mass is 10.1. The van der Waals surface area contributed by atoms with Gasteiger partial charge in [-0.25, -0.2) is 5.43 Å². The molecule has 0 fully saturated rings. The fourth-order valence-electron chi connectivity index (χ4n) is 3.64. The molecule has 0 saturated carbocycles. The largest absolute Gasteiger partial charge is 0.507 e. The number of nitrogens with zero attached hydrogens (tertiary/aromatic N) is 2. The van der Waals surface area contributed by atoms with Crippen LogP contribution in [0.3, 0.4) is 0 Å². The van der Waals surface area contributed by atoms with Gasteiger partial charge in [0, 0.05) is 22.6 Å². The zero-order valence-corrected chi connectivity index (χ0v) is 17.2. The molecule has 0 unspecified atom stereocenters. The van der Waals surface area contributed by atoms with E-state index in [0.717, 1.165) is 33.4 Å². The molecule has 0 aliphatic carbocycles. The number of phenols is 1. The van der Waals surface area contributed by atoms with Gasteiger partial charge in [-0.3, -0.25) is 4.79 Å². The van der Waals surface area contributed by atoms with E-state index in [1.165, 1.54) is 5.56 Å². The van der Waals surface area contributed by atoms with Crippen molar-refractivity contribution in [1.82, 2.24) is 9.99 Å². The van der Waals surface area contributed by atoms with Crippen LogP contribution in [0, 0.1) is 20.8 Å². The van der Waals surface area contributed by atoms with E-state index in [0.29, 0.717) is 0 Å². The number of benzene rings is 3. The minimum absolute atomic E-state index is 0.0704. The van der Waals surface area contributed by atoms with Gasteiger partial charge >= 0.3 is 0 Å². The third kappa shape index (κ3) is 3.70. The predicted molar refractivity (Wildman–Crippen MR) is 121 cm³/mol. The smallest absolute Gasteiger partial charge is 0.275 e. The van der Waals surface area contributed by atoms with Gasteiger partial charge in [0.05, 0.1) is 11.8 Å². The summed E-state index contributed by atoms with van der Waals surface area (Å²) in [6.45, 7) is 6.12. The molecular weight excluding hydrogens is 374 g/mol. The molecule has 5 nitrogen and oxygen atoms in total. The Morgan fingerprint density at radius 2 is 1.63 bits per heavy atom. The van der Waals surface area contributed by atoms with E-state index >= 15 is 0 Å². The lowest BCUT2D eigenvalue weighted by Crippen LogP contribution is -2.17. The maximum Gasteiger partial charge on any atom is 0.275 e. The first-order valence-corrected chi connectivity index (χ1v) is 9.75. The van der Waals surface area contributed by atoms with Crippen LogP contribution in [0.4, 0.5) is 0 Å². The minimum Gasteiger partial charge on any atom is -0.507 e. The van der Waals surface area contributed by atoms with Crippen molar-refractivity contribution in [3.05, 3.63) is 94.8 Å². The summed E-state index contributed by atoms with van der Waals surface area (Å²) >= 11 is 0. The quantitative estimate of drug-likeness (QED) is 0.375. The Kier molecular flexibility index (Phi) is 5.11. The van der Waals surface area contributed by atoms with E-state index in [9.17, 15) is 9.90 Å². The molecule has 5 heteroatoms. The van der Waals surface area contributed by atoms with Crippen molar-refractivity contribution >= 4 is 22.9 Å². The fourth-order valence-corrected chi connectivity index (χ4v) is 3.64. The lowest BCUT2D eigenvalue weighted by molar-refractivity contribution is 0.0952. The van der Waals surface area contributed by atoms with Crippen molar-refractivity contribution in [2.24, 2.45) is 5.10 Å². The summed E-state index contributed by atoms with van der Waals surface area (Å²) in [4.78, 5) is 12.5. The Morgan fingerprint density at radius 3 is 2.33 bits per heavy atom. The molecule has 1 aromatic heterocycles. The summed E-state index contributed by atoms with van der Waals surface area (Å²) in [7, 11) is 0. The van der Waals surface area contributed by atoms with E-state index in [-0.39, 0.29) is 11.3 Å². The van der Waals surface area contributed by atoms with Gasteiger partial charge < -0.3 is 9.67 Å². The number of aromatic hydroxyl groups is 1. The molecule has 2 N–H and O–H groups in total. The molecule has 3 aromatic carbocycles. The zero-order chi connectivity index (χ0) is 21.3. The minimum atomic E-state index is -0.457. The molecule has 30 heavy (non-hydrogen) atoms. The van der Waals surface area contributed by atoms with Crippen molar-refractivity contribution in [3.8, 4) is 11.4 Å². The van der Waals surface area contributed by atoms with Gasteiger partial charge in [0.15, 0.2) is 0 Å². The average Bonchev–Trinajstić information content (AvgIpc) is 3.01. The molecule has 0 aliphatic heterocycles. The van der Waals surface area contributed by atoms with Crippen molar-refractivity contribution in [3.63, 3.8) is 0 Å². The number of carbonyl (C=O) groups excluding carboxylic acids is 1. The summed E-state index contributed by atoms with van der Waals surface area (Å²) < 4.78 is 2.15. The first-order valence-electron chi connectivity index (χ1n) is 9.75. The molecule has 0 spiro atoms. The number of fused-ring (bicyclic) bond motifs is 1. The standard InChI is InChI=1S/C25H23N3O2/c1-16-8-10-22(11-9-16)28-17(2)12-21(18(28)3)15-26-27-25(30)23-13-19-6-4-5-7-20(19)14-24(23)29/h4-15,29H,1-3H3,(H,27,30)/b26-15+. The first-order chi connectivity index (χ1) is 14.4. The fraction of sp³-hybridized carbons (Fsp3) is 0.120. The first kappa shape index (κ1) is 19.5. The molecule has 1 amide bonds. The summed E-state index contributed by atoms with van der Waals surface area (Å²) in [6, 6.07) is 21.2. The van der Waals surface area contributed by atoms with Gasteiger partial charge in [-0.15, -0.1) is 0 Å². The van der Waals surface area contributed by atoms with Crippen LogP contribution < -0.4 is 5.43 Å². The van der Waals surface area contributed by atoms with Crippen LogP contribution in [0.15, 0.2) is 71.8 Å². The van der Waals surface area contributed by atoms with Gasteiger partial charge in [0.2, 0.25) is 0 Å². The molecule has 0 atom stereocenters. The Hall–Kier alpha value is -3.86. The van der Waals surface area contributed by atoms with Gasteiger partial charge in [0.25, 0.3) is 5.91 Å². The molecule has 4 aromatic rings. The monoisotopic (exact) mass is 397 g/mol. The molecule has 0 aliphatic rings. The predicted octanol–water partition coefficient (Wildman–Crippen LogP) is 5.03. The zero-order valence-electron chi connectivity index (χ0n) is 17.2. The second-order valence-corrected chi connectivity index (χ2v) is 7.41. The highest BCUT2D eigenvalue weighted by Crippen LogP contribution is 2.25. The number of aromatic nitrogens is 1. The second kappa shape index (κ2) is 7.87. The number of carbonyl (C=O) groups is 1. The lowest BCUT2D eigenvalue weighted by Gasteiger charge is -2.09. The third-order valence-electron chi connectivity index (χ3n) is 5.24. The molecule has 0 saturated heterocycles. The normalized spacial score (nSPS) is 11.3. The molecular formula is C25H23N3O2. The third-order valence-corrected chi connectivity index (χ3v) is 5.24. The van der Waals surface area contributed by atoms with Gasteiger partial charge in [-0.1, -0.05) is 42.0 Å². The number of rotatable bonds is 4. The van der Waals surface area contributed by atoms with Crippen LogP contribution in [0.25, 0.3) is 16.5 Å².